The Kier molecular flexibility index (Phi) is 2.45. The summed E-state index contributed by atoms with van der Waals surface area (Å²) in [5.74, 6) is -1.92. The molecule has 0 radical (unpaired) electrons. The third-order valence-corrected chi connectivity index (χ3v) is 3.35. The first-order valence-electron chi connectivity index (χ1n) is 5.90. The summed E-state index contributed by atoms with van der Waals surface area (Å²) < 4.78 is 0. The second-order valence-electron chi connectivity index (χ2n) is 4.49. The number of nitrogens with one attached hydrogen (secondary N) is 1. The van der Waals surface area contributed by atoms with Crippen LogP contribution >= 0.6 is 0 Å². The molecule has 3 rings (SSSR count). The average Bonchev–Trinajstić information content (AvgIpc) is 2.64. The fourth-order valence-electron chi connectivity index (χ4n) is 2.42. The fourth-order valence-corrected chi connectivity index (χ4v) is 2.42. The van der Waals surface area contributed by atoms with Crippen LogP contribution in [-0.4, -0.2) is 34.6 Å². The number of amides is 4. The van der Waals surface area contributed by atoms with Crippen molar-refractivity contribution >= 4 is 23.6 Å². The highest BCUT2D eigenvalue weighted by Crippen LogP contribution is 2.26. The molecule has 2 aliphatic heterocycles. The minimum atomic E-state index is -0.898. The maximum atomic E-state index is 12.2. The van der Waals surface area contributed by atoms with Gasteiger partial charge in [0.15, 0.2) is 0 Å². The standard InChI is InChI=1S/C13H10N2O4/c16-10-6-5-9(11(17)14-10)15-12(18)7-3-1-2-4-8(7)13(15)19/h1-4,9H,5-6H2,(H,14,16,17)/i5+1,6+1,9+1,10+1. The van der Waals surface area contributed by atoms with Gasteiger partial charge < -0.3 is 0 Å². The van der Waals surface area contributed by atoms with Crippen molar-refractivity contribution in [3.05, 3.63) is 35.4 Å². The molecule has 2 aliphatic rings. The van der Waals surface area contributed by atoms with Crippen LogP contribution in [0.1, 0.15) is 33.6 Å². The molecular weight excluding hydrogens is 252 g/mol. The van der Waals surface area contributed by atoms with E-state index in [2.05, 4.69) is 5.32 Å². The molecule has 2 heterocycles. The monoisotopic (exact) mass is 262 g/mol. The highest BCUT2D eigenvalue weighted by atomic mass is 16.2. The van der Waals surface area contributed by atoms with E-state index in [4.69, 9.17) is 0 Å². The van der Waals surface area contributed by atoms with Crippen LogP contribution in [0.15, 0.2) is 24.3 Å². The van der Waals surface area contributed by atoms with Gasteiger partial charge in [-0.05, 0) is 18.6 Å². The molecule has 1 saturated heterocycles. The van der Waals surface area contributed by atoms with Crippen molar-refractivity contribution in [2.75, 3.05) is 0 Å². The van der Waals surface area contributed by atoms with Gasteiger partial charge in [-0.2, -0.15) is 0 Å². The molecule has 0 saturated carbocycles. The predicted molar refractivity (Wildman–Crippen MR) is 63.1 cm³/mol. The number of rotatable bonds is 1. The van der Waals surface area contributed by atoms with Crippen molar-refractivity contribution in [3.8, 4) is 0 Å². The van der Waals surface area contributed by atoms with E-state index in [1.807, 2.05) is 0 Å². The number of fused-ring (bicyclic) bond motifs is 1. The summed E-state index contributed by atoms with van der Waals surface area (Å²) in [7, 11) is 0. The Morgan fingerprint density at radius 1 is 1.00 bits per heavy atom. The molecule has 19 heavy (non-hydrogen) atoms. The highest BCUT2D eigenvalue weighted by Gasteiger charge is 2.44. The van der Waals surface area contributed by atoms with E-state index in [-0.39, 0.29) is 18.7 Å². The van der Waals surface area contributed by atoms with Gasteiger partial charge in [0, 0.05) is 6.42 Å². The Morgan fingerprint density at radius 2 is 1.58 bits per heavy atom. The van der Waals surface area contributed by atoms with E-state index >= 15 is 0 Å². The van der Waals surface area contributed by atoms with Crippen LogP contribution in [0.25, 0.3) is 0 Å². The lowest BCUT2D eigenvalue weighted by atomic mass is 10.1. The van der Waals surface area contributed by atoms with Crippen LogP contribution in [0, 0.1) is 0 Å². The van der Waals surface area contributed by atoms with Gasteiger partial charge in [-0.25, -0.2) is 0 Å². The summed E-state index contributed by atoms with van der Waals surface area (Å²) in [5, 5.41) is 2.15. The van der Waals surface area contributed by atoms with Crippen molar-refractivity contribution in [3.63, 3.8) is 0 Å². The minimum absolute atomic E-state index is 0.129. The summed E-state index contributed by atoms with van der Waals surface area (Å²) in [6, 6.07) is 5.55. The zero-order chi connectivity index (χ0) is 13.6. The second-order valence-corrected chi connectivity index (χ2v) is 4.49. The molecule has 1 unspecified atom stereocenters. The number of hydrogen-bond acceptors (Lipinski definition) is 4. The van der Waals surface area contributed by atoms with Gasteiger partial charge in [0.2, 0.25) is 11.8 Å². The molecule has 1 N–H and O–H groups in total. The van der Waals surface area contributed by atoms with Crippen molar-refractivity contribution in [2.45, 2.75) is 18.9 Å². The normalized spacial score (nSPS) is 22.5. The van der Waals surface area contributed by atoms with Gasteiger partial charge >= 0.3 is 0 Å². The summed E-state index contributed by atoms with van der Waals surface area (Å²) in [4.78, 5) is 48.1. The molecular formula is C13H10N2O4. The van der Waals surface area contributed by atoms with Gasteiger partial charge in [0.25, 0.3) is 11.8 Å². The number of benzene rings is 1. The lowest BCUT2D eigenvalue weighted by Crippen LogP contribution is -2.54. The van der Waals surface area contributed by atoms with E-state index in [9.17, 15) is 19.2 Å². The van der Waals surface area contributed by atoms with Crippen LogP contribution in [-0.2, 0) is 9.59 Å². The highest BCUT2D eigenvalue weighted by molar-refractivity contribution is 6.23. The maximum Gasteiger partial charge on any atom is 0.262 e. The van der Waals surface area contributed by atoms with E-state index in [1.54, 1.807) is 24.3 Å². The third-order valence-electron chi connectivity index (χ3n) is 3.35. The van der Waals surface area contributed by atoms with Gasteiger partial charge in [-0.1, -0.05) is 12.1 Å². The number of carbonyl (C=O) groups excluding carboxylic acids is 4. The van der Waals surface area contributed by atoms with E-state index < -0.39 is 23.8 Å². The van der Waals surface area contributed by atoms with Crippen molar-refractivity contribution in [1.82, 2.24) is 10.2 Å². The molecule has 0 aliphatic carbocycles. The van der Waals surface area contributed by atoms with Crippen molar-refractivity contribution in [1.29, 1.82) is 0 Å². The SMILES string of the molecule is O=C1N[13C](=O)[13CH2][13CH2][13CH]1N1C(=O)c2ccccc2C1=O. The Bertz CT molecular complexity index is 588. The number of carbonyl (C=O) groups is 4. The summed E-state index contributed by atoms with van der Waals surface area (Å²) in [6.07, 6.45) is 0.306. The molecule has 0 spiro atoms. The van der Waals surface area contributed by atoms with Gasteiger partial charge in [-0.15, -0.1) is 0 Å². The van der Waals surface area contributed by atoms with Crippen molar-refractivity contribution in [2.24, 2.45) is 0 Å². The fraction of sp³-hybridized carbons (Fsp3) is 0.231. The van der Waals surface area contributed by atoms with Crippen LogP contribution in [0.3, 0.4) is 0 Å². The summed E-state index contributed by atoms with van der Waals surface area (Å²) >= 11 is 0. The Balaban J connectivity index is 1.96. The zero-order valence-corrected chi connectivity index (χ0v) is 9.88. The molecule has 4 amide bonds. The Morgan fingerprint density at radius 3 is 2.11 bits per heavy atom. The van der Waals surface area contributed by atoms with Gasteiger partial charge in [0.05, 0.1) is 11.1 Å². The smallest absolute Gasteiger partial charge is 0.262 e. The van der Waals surface area contributed by atoms with Crippen LogP contribution in [0.4, 0.5) is 0 Å². The second kappa shape index (κ2) is 4.01. The molecule has 0 bridgehead atoms. The maximum absolute atomic E-state index is 12.2. The third kappa shape index (κ3) is 1.64. The molecule has 1 fully saturated rings. The van der Waals surface area contributed by atoms with Crippen LogP contribution in [0.5, 0.6) is 0 Å². The molecule has 6 heteroatoms. The van der Waals surface area contributed by atoms with E-state index in [0.717, 1.165) is 4.90 Å². The predicted octanol–water partition coefficient (Wildman–Crippen LogP) is 0.0878. The molecule has 1 aromatic rings. The summed E-state index contributed by atoms with van der Waals surface area (Å²) in [6.45, 7) is 0. The first-order valence-corrected chi connectivity index (χ1v) is 5.90. The number of piperidine rings is 1. The quantitative estimate of drug-likeness (QED) is 0.574. The summed E-state index contributed by atoms with van der Waals surface area (Å²) in [5.41, 5.74) is 0.606. The van der Waals surface area contributed by atoms with Crippen molar-refractivity contribution < 1.29 is 19.2 Å². The topological polar surface area (TPSA) is 83.6 Å². The number of hydrogen-bond donors (Lipinski definition) is 1. The Labute approximate surface area is 108 Å². The first-order chi connectivity index (χ1) is 9.09. The van der Waals surface area contributed by atoms with Gasteiger partial charge in [0.1, 0.15) is 6.04 Å². The molecule has 1 atom stereocenters. The molecule has 6 nitrogen and oxygen atoms in total. The van der Waals surface area contributed by atoms with E-state index in [0.29, 0.717) is 11.1 Å². The first kappa shape index (κ1) is 11.6. The molecule has 96 valence electrons. The van der Waals surface area contributed by atoms with E-state index in [1.165, 1.54) is 0 Å². The molecule has 1 aromatic carbocycles. The lowest BCUT2D eigenvalue weighted by molar-refractivity contribution is -0.136. The molecule has 0 aromatic heterocycles. The zero-order valence-electron chi connectivity index (χ0n) is 9.88. The van der Waals surface area contributed by atoms with Crippen LogP contribution in [0.2, 0.25) is 0 Å². The largest absolute Gasteiger partial charge is 0.295 e. The van der Waals surface area contributed by atoms with Crippen LogP contribution < -0.4 is 5.32 Å². The minimum Gasteiger partial charge on any atom is -0.295 e. The number of nitrogens with zero attached hydrogens (tertiary/aromatic N) is 1. The van der Waals surface area contributed by atoms with Gasteiger partial charge in [-0.3, -0.25) is 29.4 Å². The lowest BCUT2D eigenvalue weighted by Gasteiger charge is -2.27. The number of imide groups is 2. The Hall–Kier alpha value is -2.50. The average molecular weight is 262 g/mol.